The Morgan fingerprint density at radius 3 is 1.51 bits per heavy atom. The highest BCUT2D eigenvalue weighted by molar-refractivity contribution is 7.95. The summed E-state index contributed by atoms with van der Waals surface area (Å²) in [6.45, 7) is 7.68. The van der Waals surface area contributed by atoms with Crippen LogP contribution in [-0.2, 0) is 19.8 Å². The van der Waals surface area contributed by atoms with Crippen LogP contribution in [-0.4, -0.2) is 43.3 Å². The molecule has 0 saturated carbocycles. The zero-order valence-corrected chi connectivity index (χ0v) is 22.5. The van der Waals surface area contributed by atoms with Crippen molar-refractivity contribution in [2.75, 3.05) is 28.0 Å². The van der Waals surface area contributed by atoms with Gasteiger partial charge in [-0.3, -0.25) is 0 Å². The van der Waals surface area contributed by atoms with E-state index in [1.54, 1.807) is 21.3 Å². The molecule has 3 aromatic rings. The molecule has 0 aliphatic carbocycles. The van der Waals surface area contributed by atoms with Gasteiger partial charge in [-0.2, -0.15) is 0 Å². The van der Waals surface area contributed by atoms with E-state index in [1.807, 2.05) is 51.1 Å². The minimum Gasteiger partial charge on any atom is -0.493 e. The van der Waals surface area contributed by atoms with Crippen LogP contribution in [0, 0.1) is 20.8 Å². The molecule has 0 aliphatic rings. The second-order valence-electron chi connectivity index (χ2n) is 8.89. The lowest BCUT2D eigenvalue weighted by Crippen LogP contribution is -2.38. The van der Waals surface area contributed by atoms with E-state index in [4.69, 9.17) is 14.2 Å². The van der Waals surface area contributed by atoms with Crippen molar-refractivity contribution in [2.45, 2.75) is 40.6 Å². The van der Waals surface area contributed by atoms with Crippen molar-refractivity contribution >= 4 is 23.2 Å². The van der Waals surface area contributed by atoms with Crippen molar-refractivity contribution in [2.24, 2.45) is 0 Å². The number of ether oxygens (including phenoxy) is 3. The Kier molecular flexibility index (Phi) is 8.45. The molecule has 6 nitrogen and oxygen atoms in total. The Hall–Kier alpha value is -2.63. The van der Waals surface area contributed by atoms with Gasteiger partial charge in [-0.15, -0.1) is 0 Å². The monoisotopic (exact) mass is 499 g/mol. The van der Waals surface area contributed by atoms with Crippen LogP contribution < -0.4 is 30.1 Å². The number of hydrogen-bond donors (Lipinski definition) is 3. The first-order valence-electron chi connectivity index (χ1n) is 11.4. The highest BCUT2D eigenvalue weighted by Gasteiger charge is 2.51. The quantitative estimate of drug-likeness (QED) is 0.393. The van der Waals surface area contributed by atoms with Gasteiger partial charge in [-0.1, -0.05) is 11.6 Å². The molecule has 0 bridgehead atoms. The Morgan fingerprint density at radius 1 is 0.600 bits per heavy atom. The van der Waals surface area contributed by atoms with Gasteiger partial charge in [0.25, 0.3) is 0 Å². The molecular formula is C28H36O6P+. The van der Waals surface area contributed by atoms with Crippen molar-refractivity contribution in [1.82, 2.24) is 0 Å². The fourth-order valence-corrected chi connectivity index (χ4v) is 9.88. The topological polar surface area (TPSA) is 88.4 Å². The van der Waals surface area contributed by atoms with Gasteiger partial charge in [0, 0.05) is 11.1 Å². The number of methoxy groups -OCH3 is 3. The summed E-state index contributed by atoms with van der Waals surface area (Å²) in [6.07, 6.45) is 0. The summed E-state index contributed by atoms with van der Waals surface area (Å²) < 4.78 is 17.7. The lowest BCUT2D eigenvalue weighted by atomic mass is 10.1. The zero-order valence-electron chi connectivity index (χ0n) is 21.6. The third-order valence-electron chi connectivity index (χ3n) is 6.45. The molecule has 0 aliphatic heterocycles. The molecule has 7 heteroatoms. The average molecular weight is 500 g/mol. The van der Waals surface area contributed by atoms with E-state index in [9.17, 15) is 15.3 Å². The molecule has 1 atom stereocenters. The lowest BCUT2D eigenvalue weighted by molar-refractivity contribution is 0.280. The fraction of sp³-hybridized carbons (Fsp3) is 0.357. The summed E-state index contributed by atoms with van der Waals surface area (Å²) in [5, 5.41) is 33.5. The minimum atomic E-state index is -2.68. The molecule has 0 radical (unpaired) electrons. The smallest absolute Gasteiger partial charge is 0.187 e. The number of rotatable bonds is 9. The van der Waals surface area contributed by atoms with Gasteiger partial charge in [0.15, 0.2) is 27.9 Å². The standard InChI is InChI=1S/C28H36O6P/c1-17-8-19(3)26(21(9-17)15-30)35(7,27-22(16-31)10-18(2)11-23(27)32-4)28-24(33-5)12-20(14-29)13-25(28)34-6/h8-13,29-31H,14-16H2,1-7H3/q+1. The number of benzene rings is 3. The SMILES string of the molecule is COc1cc(C)cc(CO)c1[P+](C)(c1c(C)cc(C)cc1CO)c1c(OC)cc(CO)cc1OC. The van der Waals surface area contributed by atoms with E-state index < -0.39 is 7.26 Å². The molecule has 0 saturated heterocycles. The Bertz CT molecular complexity index is 1170. The Balaban J connectivity index is 2.66. The molecule has 3 N–H and O–H groups in total. The minimum absolute atomic E-state index is 0.143. The van der Waals surface area contributed by atoms with Gasteiger partial charge in [-0.25, -0.2) is 0 Å². The second-order valence-corrected chi connectivity index (χ2v) is 12.2. The van der Waals surface area contributed by atoms with Crippen molar-refractivity contribution in [3.8, 4) is 17.2 Å². The van der Waals surface area contributed by atoms with Gasteiger partial charge in [0.05, 0.1) is 47.8 Å². The van der Waals surface area contributed by atoms with Crippen LogP contribution in [0.4, 0.5) is 0 Å². The molecule has 35 heavy (non-hydrogen) atoms. The Morgan fingerprint density at radius 2 is 1.06 bits per heavy atom. The van der Waals surface area contributed by atoms with Crippen molar-refractivity contribution in [3.05, 3.63) is 69.8 Å². The maximum atomic E-state index is 10.5. The number of hydrogen-bond acceptors (Lipinski definition) is 6. The highest BCUT2D eigenvalue weighted by atomic mass is 31.2. The predicted octanol–water partition coefficient (Wildman–Crippen LogP) is 3.04. The first-order chi connectivity index (χ1) is 16.7. The van der Waals surface area contributed by atoms with Gasteiger partial charge < -0.3 is 29.5 Å². The third kappa shape index (κ3) is 4.76. The van der Waals surface area contributed by atoms with E-state index in [2.05, 4.69) is 12.7 Å². The van der Waals surface area contributed by atoms with E-state index >= 15 is 0 Å². The summed E-state index contributed by atoms with van der Waals surface area (Å²) in [5.74, 6) is 1.79. The zero-order chi connectivity index (χ0) is 25.9. The van der Waals surface area contributed by atoms with Crippen LogP contribution in [0.5, 0.6) is 17.2 Å². The predicted molar refractivity (Wildman–Crippen MR) is 143 cm³/mol. The summed E-state index contributed by atoms with van der Waals surface area (Å²) in [5.41, 5.74) is 5.26. The Labute approximate surface area is 208 Å². The van der Waals surface area contributed by atoms with Crippen molar-refractivity contribution < 1.29 is 29.5 Å². The van der Waals surface area contributed by atoms with Crippen LogP contribution in [0.3, 0.4) is 0 Å². The third-order valence-corrected chi connectivity index (χ3v) is 10.7. The van der Waals surface area contributed by atoms with Crippen LogP contribution >= 0.6 is 7.26 Å². The fourth-order valence-electron chi connectivity index (χ4n) is 5.23. The summed E-state index contributed by atoms with van der Waals surface area (Å²) in [7, 11) is 2.14. The van der Waals surface area contributed by atoms with Crippen molar-refractivity contribution in [1.29, 1.82) is 0 Å². The normalized spacial score (nSPS) is 12.9. The molecule has 0 spiro atoms. The van der Waals surface area contributed by atoms with Gasteiger partial charge in [-0.05, 0) is 67.8 Å². The van der Waals surface area contributed by atoms with E-state index in [-0.39, 0.29) is 19.8 Å². The van der Waals surface area contributed by atoms with E-state index in [1.165, 1.54) is 0 Å². The van der Waals surface area contributed by atoms with Crippen molar-refractivity contribution in [3.63, 3.8) is 0 Å². The molecule has 3 aromatic carbocycles. The van der Waals surface area contributed by atoms with Crippen LogP contribution in [0.2, 0.25) is 0 Å². The first kappa shape index (κ1) is 27.0. The molecular weight excluding hydrogens is 463 g/mol. The number of aryl methyl sites for hydroxylation is 3. The maximum absolute atomic E-state index is 10.5. The lowest BCUT2D eigenvalue weighted by Gasteiger charge is -2.31. The van der Waals surface area contributed by atoms with Crippen LogP contribution in [0.1, 0.15) is 33.4 Å². The molecule has 0 fully saturated rings. The van der Waals surface area contributed by atoms with E-state index in [0.29, 0.717) is 22.8 Å². The van der Waals surface area contributed by atoms with Gasteiger partial charge in [0.2, 0.25) is 0 Å². The average Bonchev–Trinajstić information content (AvgIpc) is 2.85. The molecule has 188 valence electrons. The van der Waals surface area contributed by atoms with E-state index in [0.717, 1.165) is 43.7 Å². The number of aliphatic hydroxyl groups is 3. The van der Waals surface area contributed by atoms with Gasteiger partial charge in [0.1, 0.15) is 12.6 Å². The maximum Gasteiger partial charge on any atom is 0.187 e. The number of aliphatic hydroxyl groups excluding tert-OH is 3. The summed E-state index contributed by atoms with van der Waals surface area (Å²) >= 11 is 0. The molecule has 3 rings (SSSR count). The second kappa shape index (κ2) is 11.0. The van der Waals surface area contributed by atoms with Crippen LogP contribution in [0.25, 0.3) is 0 Å². The largest absolute Gasteiger partial charge is 0.493 e. The first-order valence-corrected chi connectivity index (χ1v) is 13.7. The van der Waals surface area contributed by atoms with Crippen LogP contribution in [0.15, 0.2) is 36.4 Å². The molecule has 0 aromatic heterocycles. The molecule has 1 unspecified atom stereocenters. The summed E-state index contributed by atoms with van der Waals surface area (Å²) in [4.78, 5) is 0. The summed E-state index contributed by atoms with van der Waals surface area (Å²) in [6, 6.07) is 11.7. The molecule has 0 amide bonds. The highest BCUT2D eigenvalue weighted by Crippen LogP contribution is 2.60. The van der Waals surface area contributed by atoms with Gasteiger partial charge >= 0.3 is 0 Å². The molecule has 0 heterocycles.